The summed E-state index contributed by atoms with van der Waals surface area (Å²) in [6.45, 7) is 3.99. The highest BCUT2D eigenvalue weighted by molar-refractivity contribution is 7.92. The highest BCUT2D eigenvalue weighted by Crippen LogP contribution is 2.23. The molecular weight excluding hydrogens is 306 g/mol. The van der Waals surface area contributed by atoms with Gasteiger partial charge in [0.15, 0.2) is 5.13 Å². The maximum Gasteiger partial charge on any atom is 0.238 e. The summed E-state index contributed by atoms with van der Waals surface area (Å²) in [6.07, 6.45) is 0. The van der Waals surface area contributed by atoms with E-state index < -0.39 is 10.0 Å². The van der Waals surface area contributed by atoms with Gasteiger partial charge in [0.05, 0.1) is 23.1 Å². The van der Waals surface area contributed by atoms with E-state index in [-0.39, 0.29) is 11.7 Å². The first-order valence-corrected chi connectivity index (χ1v) is 8.88. The number of benzene rings is 1. The Morgan fingerprint density at radius 1 is 1.38 bits per heavy atom. The molecule has 0 atom stereocenters. The minimum atomic E-state index is -3.59. The molecule has 0 spiro atoms. The minimum absolute atomic E-state index is 0.243. The molecule has 0 unspecified atom stereocenters. The lowest BCUT2D eigenvalue weighted by atomic mass is 10.1. The molecule has 7 heteroatoms. The van der Waals surface area contributed by atoms with Crippen molar-refractivity contribution in [2.75, 3.05) is 4.72 Å². The maximum absolute atomic E-state index is 12.2. The smallest absolute Gasteiger partial charge is 0.238 e. The van der Waals surface area contributed by atoms with E-state index in [0.717, 1.165) is 5.69 Å². The summed E-state index contributed by atoms with van der Waals surface area (Å²) >= 11 is 1.26. The Bertz CT molecular complexity index is 774. The van der Waals surface area contributed by atoms with Gasteiger partial charge in [-0.05, 0) is 17.5 Å². The Morgan fingerprint density at radius 2 is 2.10 bits per heavy atom. The van der Waals surface area contributed by atoms with Gasteiger partial charge in [-0.1, -0.05) is 32.0 Å². The van der Waals surface area contributed by atoms with Crippen LogP contribution in [-0.4, -0.2) is 13.4 Å². The highest BCUT2D eigenvalue weighted by Gasteiger charge is 2.16. The van der Waals surface area contributed by atoms with Gasteiger partial charge >= 0.3 is 0 Å². The van der Waals surface area contributed by atoms with Crippen molar-refractivity contribution in [1.29, 1.82) is 5.26 Å². The van der Waals surface area contributed by atoms with Crippen molar-refractivity contribution in [3.8, 4) is 6.07 Å². The second kappa shape index (κ2) is 6.24. The van der Waals surface area contributed by atoms with Gasteiger partial charge < -0.3 is 0 Å². The zero-order chi connectivity index (χ0) is 15.5. The molecule has 0 fully saturated rings. The summed E-state index contributed by atoms with van der Waals surface area (Å²) in [5.41, 5.74) is 1.70. The van der Waals surface area contributed by atoms with Gasteiger partial charge in [0, 0.05) is 5.38 Å². The van der Waals surface area contributed by atoms with Crippen LogP contribution in [0, 0.1) is 11.3 Å². The molecule has 0 saturated carbocycles. The summed E-state index contributed by atoms with van der Waals surface area (Å²) in [5.74, 6) is 0.00617. The van der Waals surface area contributed by atoms with E-state index in [4.69, 9.17) is 5.26 Å². The number of anilines is 1. The lowest BCUT2D eigenvalue weighted by Gasteiger charge is -2.06. The predicted molar refractivity (Wildman–Crippen MR) is 83.6 cm³/mol. The Labute approximate surface area is 128 Å². The van der Waals surface area contributed by atoms with E-state index in [1.54, 1.807) is 24.3 Å². The van der Waals surface area contributed by atoms with Crippen LogP contribution in [0.3, 0.4) is 0 Å². The molecule has 0 saturated heterocycles. The monoisotopic (exact) mass is 321 g/mol. The third kappa shape index (κ3) is 4.03. The first kappa shape index (κ1) is 15.5. The second-order valence-electron chi connectivity index (χ2n) is 4.86. The van der Waals surface area contributed by atoms with E-state index in [9.17, 15) is 8.42 Å². The lowest BCUT2D eigenvalue weighted by molar-refractivity contribution is 0.600. The first-order valence-electron chi connectivity index (χ1n) is 6.35. The minimum Gasteiger partial charge on any atom is -0.258 e. The van der Waals surface area contributed by atoms with E-state index >= 15 is 0 Å². The average molecular weight is 321 g/mol. The zero-order valence-corrected chi connectivity index (χ0v) is 13.3. The number of rotatable bonds is 5. The molecule has 1 aromatic carbocycles. The predicted octanol–water partition coefficient (Wildman–Crippen LogP) is 3.08. The van der Waals surface area contributed by atoms with Crippen molar-refractivity contribution < 1.29 is 8.42 Å². The van der Waals surface area contributed by atoms with Gasteiger partial charge in [0.2, 0.25) is 10.0 Å². The van der Waals surface area contributed by atoms with Crippen LogP contribution in [0.25, 0.3) is 0 Å². The molecule has 0 aliphatic carbocycles. The number of hydrogen-bond acceptors (Lipinski definition) is 5. The molecule has 0 aliphatic heterocycles. The van der Waals surface area contributed by atoms with Gasteiger partial charge in [-0.3, -0.25) is 4.72 Å². The van der Waals surface area contributed by atoms with Crippen molar-refractivity contribution in [1.82, 2.24) is 4.98 Å². The fourth-order valence-corrected chi connectivity index (χ4v) is 4.06. The standard InChI is InChI=1S/C14H15N3O2S2/c1-10(2)13-8-20-14(16-13)17-21(18,19)9-12-6-4-3-5-11(12)7-15/h3-6,8,10H,9H2,1-2H3,(H,16,17). The van der Waals surface area contributed by atoms with Crippen LogP contribution in [0.1, 0.15) is 36.6 Å². The van der Waals surface area contributed by atoms with E-state index in [0.29, 0.717) is 16.3 Å². The average Bonchev–Trinajstić information content (AvgIpc) is 2.86. The Kier molecular flexibility index (Phi) is 4.60. The molecule has 1 N–H and O–H groups in total. The summed E-state index contributed by atoms with van der Waals surface area (Å²) in [5, 5.41) is 11.2. The molecule has 0 aliphatic rings. The molecule has 0 amide bonds. The van der Waals surface area contributed by atoms with Gasteiger partial charge in [-0.2, -0.15) is 5.26 Å². The Morgan fingerprint density at radius 3 is 2.71 bits per heavy atom. The summed E-state index contributed by atoms with van der Waals surface area (Å²) < 4.78 is 26.8. The van der Waals surface area contributed by atoms with Crippen molar-refractivity contribution >= 4 is 26.5 Å². The van der Waals surface area contributed by atoms with E-state index in [2.05, 4.69) is 9.71 Å². The molecule has 21 heavy (non-hydrogen) atoms. The number of nitrogens with zero attached hydrogens (tertiary/aromatic N) is 2. The molecule has 0 radical (unpaired) electrons. The number of aromatic nitrogens is 1. The van der Waals surface area contributed by atoms with Crippen LogP contribution < -0.4 is 4.72 Å². The number of nitriles is 1. The Hall–Kier alpha value is -1.91. The van der Waals surface area contributed by atoms with Crippen molar-refractivity contribution in [2.24, 2.45) is 0 Å². The molecule has 2 aromatic rings. The van der Waals surface area contributed by atoms with Crippen LogP contribution in [0.15, 0.2) is 29.6 Å². The lowest BCUT2D eigenvalue weighted by Crippen LogP contribution is -2.15. The molecule has 0 bridgehead atoms. The van der Waals surface area contributed by atoms with Crippen LogP contribution in [0.2, 0.25) is 0 Å². The third-order valence-corrected chi connectivity index (χ3v) is 4.94. The van der Waals surface area contributed by atoms with Crippen LogP contribution in [0.5, 0.6) is 0 Å². The molecule has 1 aromatic heterocycles. The number of thiazole rings is 1. The number of hydrogen-bond donors (Lipinski definition) is 1. The van der Waals surface area contributed by atoms with Crippen molar-refractivity contribution in [3.05, 3.63) is 46.5 Å². The zero-order valence-electron chi connectivity index (χ0n) is 11.7. The van der Waals surface area contributed by atoms with E-state index in [1.807, 2.05) is 25.3 Å². The summed E-state index contributed by atoms with van der Waals surface area (Å²) in [7, 11) is -3.59. The van der Waals surface area contributed by atoms with Crippen LogP contribution >= 0.6 is 11.3 Å². The van der Waals surface area contributed by atoms with Crippen LogP contribution in [0.4, 0.5) is 5.13 Å². The summed E-state index contributed by atoms with van der Waals surface area (Å²) in [6, 6.07) is 8.66. The largest absolute Gasteiger partial charge is 0.258 e. The summed E-state index contributed by atoms with van der Waals surface area (Å²) in [4.78, 5) is 4.24. The Balaban J connectivity index is 2.17. The molecule has 1 heterocycles. The maximum atomic E-state index is 12.2. The van der Waals surface area contributed by atoms with Crippen LogP contribution in [-0.2, 0) is 15.8 Å². The molecule has 5 nitrogen and oxygen atoms in total. The van der Waals surface area contributed by atoms with Gasteiger partial charge in [0.25, 0.3) is 0 Å². The SMILES string of the molecule is CC(C)c1csc(NS(=O)(=O)Cc2ccccc2C#N)n1. The molecule has 2 rings (SSSR count). The van der Waals surface area contributed by atoms with E-state index in [1.165, 1.54) is 11.3 Å². The highest BCUT2D eigenvalue weighted by atomic mass is 32.2. The van der Waals surface area contributed by atoms with Crippen molar-refractivity contribution in [3.63, 3.8) is 0 Å². The number of sulfonamides is 1. The van der Waals surface area contributed by atoms with Gasteiger partial charge in [0.1, 0.15) is 0 Å². The third-order valence-electron chi connectivity index (χ3n) is 2.84. The van der Waals surface area contributed by atoms with Gasteiger partial charge in [-0.15, -0.1) is 11.3 Å². The fourth-order valence-electron chi connectivity index (χ4n) is 1.73. The quantitative estimate of drug-likeness (QED) is 0.917. The topological polar surface area (TPSA) is 82.9 Å². The fraction of sp³-hybridized carbons (Fsp3) is 0.286. The first-order chi connectivity index (χ1) is 9.91. The normalized spacial score (nSPS) is 11.3. The second-order valence-corrected chi connectivity index (χ2v) is 7.44. The molecular formula is C14H15N3O2S2. The molecule has 110 valence electrons. The number of nitrogens with one attached hydrogen (secondary N) is 1. The van der Waals surface area contributed by atoms with Gasteiger partial charge in [-0.25, -0.2) is 13.4 Å². The van der Waals surface area contributed by atoms with Crippen molar-refractivity contribution in [2.45, 2.75) is 25.5 Å².